The van der Waals surface area contributed by atoms with Gasteiger partial charge >= 0.3 is 0 Å². The van der Waals surface area contributed by atoms with Crippen molar-refractivity contribution in [3.63, 3.8) is 0 Å². The Kier molecular flexibility index (Phi) is 4.38. The van der Waals surface area contributed by atoms with E-state index in [-0.39, 0.29) is 6.10 Å². The van der Waals surface area contributed by atoms with Gasteiger partial charge in [-0.15, -0.1) is 0 Å². The maximum atomic E-state index is 6.31. The molecule has 3 aliphatic heterocycles. The monoisotopic (exact) mass is 316 g/mol. The van der Waals surface area contributed by atoms with Crippen LogP contribution >= 0.6 is 0 Å². The third-order valence-corrected chi connectivity index (χ3v) is 7.19. The van der Waals surface area contributed by atoms with Gasteiger partial charge < -0.3 is 9.47 Å². The molecule has 1 unspecified atom stereocenters. The maximum absolute atomic E-state index is 6.31. The molecule has 2 nitrogen and oxygen atoms in total. The molecule has 4 aliphatic rings. The largest absolute Gasteiger partial charge is 0.348 e. The van der Waals surface area contributed by atoms with Gasteiger partial charge in [0.1, 0.15) is 6.71 Å². The van der Waals surface area contributed by atoms with E-state index in [2.05, 4.69) is 26.8 Å². The molecule has 3 saturated heterocycles. The van der Waals surface area contributed by atoms with Gasteiger partial charge in [0.2, 0.25) is 0 Å². The minimum Gasteiger partial charge on any atom is -0.348 e. The molecule has 0 saturated carbocycles. The molecule has 3 atom stereocenters. The van der Waals surface area contributed by atoms with Gasteiger partial charge in [-0.3, -0.25) is 0 Å². The zero-order valence-corrected chi connectivity index (χ0v) is 15.2. The Hall–Kier alpha value is -0.275. The Balaban J connectivity index is 1.58. The normalized spacial score (nSPS) is 43.3. The lowest BCUT2D eigenvalue weighted by molar-refractivity contribution is -0.142. The van der Waals surface area contributed by atoms with Crippen molar-refractivity contribution in [1.82, 2.24) is 0 Å². The van der Waals surface area contributed by atoms with E-state index < -0.39 is 5.79 Å². The van der Waals surface area contributed by atoms with Crippen LogP contribution in [0.25, 0.3) is 0 Å². The fourth-order valence-electron chi connectivity index (χ4n) is 6.29. The second kappa shape index (κ2) is 6.22. The second-order valence-electron chi connectivity index (χ2n) is 9.12. The van der Waals surface area contributed by atoms with Gasteiger partial charge in [0.15, 0.2) is 5.79 Å². The van der Waals surface area contributed by atoms with Crippen LogP contribution in [0.15, 0.2) is 11.6 Å². The molecule has 128 valence electrons. The zero-order chi connectivity index (χ0) is 16.0. The Bertz CT molecular complexity index is 450. The summed E-state index contributed by atoms with van der Waals surface area (Å²) in [6.07, 6.45) is 14.4. The predicted molar refractivity (Wildman–Crippen MR) is 96.1 cm³/mol. The molecule has 0 spiro atoms. The quantitative estimate of drug-likeness (QED) is 0.497. The van der Waals surface area contributed by atoms with E-state index in [1.807, 2.05) is 0 Å². The Labute approximate surface area is 142 Å². The highest BCUT2D eigenvalue weighted by Crippen LogP contribution is 2.55. The van der Waals surface area contributed by atoms with E-state index >= 15 is 0 Å². The smallest absolute Gasteiger partial charge is 0.163 e. The molecule has 3 heterocycles. The van der Waals surface area contributed by atoms with Crippen LogP contribution in [0.4, 0.5) is 0 Å². The van der Waals surface area contributed by atoms with Gasteiger partial charge in [0.05, 0.1) is 12.7 Å². The SMILES string of the molecule is CC1=C[C@@H]([C@H]2COC(C)(C)O2)C(B2C3CCCC2CCC3)CC1. The standard InChI is InChI=1S/C20H33BO2/c1-14-10-11-18(17(12-14)19-13-22-20(2,3)23-19)21-15-6-4-7-16(21)9-5-8-15/h12,15-19H,4-11,13H2,1-3H3/t15?,16?,17-,18?,19-/m1/s1. The summed E-state index contributed by atoms with van der Waals surface area (Å²) >= 11 is 0. The van der Waals surface area contributed by atoms with Crippen LogP contribution in [-0.4, -0.2) is 25.2 Å². The first-order chi connectivity index (χ1) is 11.0. The molecule has 4 rings (SSSR count). The third kappa shape index (κ3) is 3.16. The van der Waals surface area contributed by atoms with Gasteiger partial charge in [-0.25, -0.2) is 0 Å². The number of rotatable bonds is 2. The van der Waals surface area contributed by atoms with Crippen molar-refractivity contribution in [3.05, 3.63) is 11.6 Å². The van der Waals surface area contributed by atoms with Crippen LogP contribution in [0.3, 0.4) is 0 Å². The molecular weight excluding hydrogens is 283 g/mol. The summed E-state index contributed by atoms with van der Waals surface area (Å²) < 4.78 is 12.2. The van der Waals surface area contributed by atoms with Crippen LogP contribution in [0.1, 0.15) is 72.1 Å². The second-order valence-corrected chi connectivity index (χ2v) is 9.12. The van der Waals surface area contributed by atoms with Crippen molar-refractivity contribution in [2.45, 2.75) is 101 Å². The number of allylic oxidation sites excluding steroid dienone is 1. The number of fused-ring (bicyclic) bond motifs is 2. The van der Waals surface area contributed by atoms with Gasteiger partial charge in [0.25, 0.3) is 0 Å². The predicted octanol–water partition coefficient (Wildman–Crippen LogP) is 5.47. The Morgan fingerprint density at radius 1 is 1.04 bits per heavy atom. The van der Waals surface area contributed by atoms with E-state index in [0.29, 0.717) is 5.92 Å². The molecule has 0 aromatic rings. The van der Waals surface area contributed by atoms with E-state index in [9.17, 15) is 0 Å². The van der Waals surface area contributed by atoms with E-state index in [4.69, 9.17) is 9.47 Å². The van der Waals surface area contributed by atoms with Crippen LogP contribution in [0.2, 0.25) is 17.5 Å². The molecule has 1 aliphatic carbocycles. The fourth-order valence-corrected chi connectivity index (χ4v) is 6.29. The lowest BCUT2D eigenvalue weighted by Crippen LogP contribution is -2.44. The van der Waals surface area contributed by atoms with E-state index in [0.717, 1.165) is 30.8 Å². The van der Waals surface area contributed by atoms with Crippen molar-refractivity contribution in [2.24, 2.45) is 5.92 Å². The Morgan fingerprint density at radius 2 is 1.70 bits per heavy atom. The zero-order valence-electron chi connectivity index (χ0n) is 15.2. The molecular formula is C20H33BO2. The van der Waals surface area contributed by atoms with E-state index in [1.165, 1.54) is 51.4 Å². The van der Waals surface area contributed by atoms with Crippen LogP contribution < -0.4 is 0 Å². The van der Waals surface area contributed by atoms with Crippen LogP contribution in [-0.2, 0) is 9.47 Å². The van der Waals surface area contributed by atoms with Crippen molar-refractivity contribution in [3.8, 4) is 0 Å². The molecule has 0 amide bonds. The number of hydrogen-bond acceptors (Lipinski definition) is 2. The van der Waals surface area contributed by atoms with Gasteiger partial charge in [-0.2, -0.15) is 0 Å². The first kappa shape index (κ1) is 16.2. The minimum absolute atomic E-state index is 0.271. The molecule has 0 radical (unpaired) electrons. The summed E-state index contributed by atoms with van der Waals surface area (Å²) in [6, 6.07) is 0. The average Bonchev–Trinajstić information content (AvgIpc) is 2.86. The molecule has 3 heteroatoms. The van der Waals surface area contributed by atoms with Gasteiger partial charge in [0, 0.05) is 5.92 Å². The van der Waals surface area contributed by atoms with Gasteiger partial charge in [-0.05, 0) is 27.2 Å². The Morgan fingerprint density at radius 3 is 2.26 bits per heavy atom. The molecule has 0 N–H and O–H groups in total. The fraction of sp³-hybridized carbons (Fsp3) is 0.900. The number of hydrogen-bond donors (Lipinski definition) is 0. The highest BCUT2D eigenvalue weighted by molar-refractivity contribution is 6.64. The summed E-state index contributed by atoms with van der Waals surface area (Å²) in [6.45, 7) is 8.18. The molecule has 2 bridgehead atoms. The third-order valence-electron chi connectivity index (χ3n) is 7.19. The van der Waals surface area contributed by atoms with Gasteiger partial charge in [-0.1, -0.05) is 74.0 Å². The van der Waals surface area contributed by atoms with Crippen LogP contribution in [0.5, 0.6) is 0 Å². The first-order valence-corrected chi connectivity index (χ1v) is 10.0. The first-order valence-electron chi connectivity index (χ1n) is 10.0. The highest BCUT2D eigenvalue weighted by atomic mass is 16.7. The summed E-state index contributed by atoms with van der Waals surface area (Å²) in [5.74, 6) is 3.01. The van der Waals surface area contributed by atoms with Crippen molar-refractivity contribution in [1.29, 1.82) is 0 Å². The van der Waals surface area contributed by atoms with Crippen molar-refractivity contribution >= 4 is 6.71 Å². The minimum atomic E-state index is -0.392. The van der Waals surface area contributed by atoms with E-state index in [1.54, 1.807) is 5.57 Å². The summed E-state index contributed by atoms with van der Waals surface area (Å²) in [7, 11) is 0. The molecule has 0 aromatic heterocycles. The van der Waals surface area contributed by atoms with Crippen molar-refractivity contribution < 1.29 is 9.47 Å². The lowest BCUT2D eigenvalue weighted by Gasteiger charge is -2.48. The number of ether oxygens (including phenoxy) is 2. The highest BCUT2D eigenvalue weighted by Gasteiger charge is 2.49. The molecule has 3 fully saturated rings. The summed E-state index contributed by atoms with van der Waals surface area (Å²) in [4.78, 5) is 0. The lowest BCUT2D eigenvalue weighted by atomic mass is 9.20. The molecule has 0 aromatic carbocycles. The topological polar surface area (TPSA) is 18.5 Å². The summed E-state index contributed by atoms with van der Waals surface area (Å²) in [5, 5.41) is 0. The maximum Gasteiger partial charge on any atom is 0.163 e. The van der Waals surface area contributed by atoms with Crippen LogP contribution in [0, 0.1) is 5.92 Å². The summed E-state index contributed by atoms with van der Waals surface area (Å²) in [5.41, 5.74) is 1.57. The molecule has 23 heavy (non-hydrogen) atoms. The average molecular weight is 316 g/mol. The van der Waals surface area contributed by atoms with Crippen molar-refractivity contribution in [2.75, 3.05) is 6.61 Å².